The standard InChI is InChI=1S/C19H22F3N3O3S.C19H20F3N3O3S.CH4O.B.Na.H/c2*1-3-5-13-15(7-6-14-16(13)28-24-17(14)19(20,21)22)27-9-4-8-25(2)18-23-10-12(11-26)29-18;1-2;;;/h6-7,10,26H,3-5,8-9,11H2,1-2H3;6-7,10-11H,3-5,8-9H2,1-2H3;2H,1H3;;;/q;;;;+1;-1. The van der Waals surface area contributed by atoms with Crippen molar-refractivity contribution in [1.82, 2.24) is 20.3 Å². The first kappa shape index (κ1) is 54.2. The number of aromatic nitrogens is 4. The number of aldehydes is 1. The number of carbonyl (C=O) groups excluding carboxylic acids is 1. The van der Waals surface area contributed by atoms with Crippen molar-refractivity contribution < 1.29 is 90.9 Å². The molecule has 3 radical (unpaired) electrons. The number of aryl methyl sites for hydroxylation is 2. The fraction of sp³-hybridized carbons (Fsp3) is 0.462. The number of thiazole rings is 2. The van der Waals surface area contributed by atoms with E-state index in [0.29, 0.717) is 79.5 Å². The van der Waals surface area contributed by atoms with Gasteiger partial charge in [0, 0.05) is 60.0 Å². The molecule has 62 heavy (non-hydrogen) atoms. The zero-order valence-electron chi connectivity index (χ0n) is 36.1. The molecule has 0 aliphatic heterocycles. The number of aliphatic hydroxyl groups excluding tert-OH is 2. The monoisotopic (exact) mass is 923 g/mol. The van der Waals surface area contributed by atoms with Crippen LogP contribution in [0.25, 0.3) is 21.9 Å². The van der Waals surface area contributed by atoms with Crippen LogP contribution in [0.3, 0.4) is 0 Å². The number of ether oxygens (including phenoxy) is 2. The first-order valence-electron chi connectivity index (χ1n) is 18.8. The van der Waals surface area contributed by atoms with Gasteiger partial charge in [-0.2, -0.15) is 26.3 Å². The summed E-state index contributed by atoms with van der Waals surface area (Å²) in [7, 11) is 4.77. The summed E-state index contributed by atoms with van der Waals surface area (Å²) in [6.45, 7) is 5.94. The van der Waals surface area contributed by atoms with Gasteiger partial charge >= 0.3 is 41.9 Å². The largest absolute Gasteiger partial charge is 1.00 e. The van der Waals surface area contributed by atoms with Gasteiger partial charge in [-0.1, -0.05) is 59.7 Å². The average molecular weight is 924 g/mol. The van der Waals surface area contributed by atoms with E-state index in [0.717, 1.165) is 41.4 Å². The van der Waals surface area contributed by atoms with E-state index < -0.39 is 23.7 Å². The average Bonchev–Trinajstić information content (AvgIpc) is 4.06. The van der Waals surface area contributed by atoms with Crippen molar-refractivity contribution in [2.24, 2.45) is 0 Å². The summed E-state index contributed by atoms with van der Waals surface area (Å²) < 4.78 is 100. The van der Waals surface area contributed by atoms with Crippen LogP contribution in [0.1, 0.15) is 78.0 Å². The van der Waals surface area contributed by atoms with Gasteiger partial charge in [0.05, 0.1) is 46.5 Å². The predicted octanol–water partition coefficient (Wildman–Crippen LogP) is 5.97. The van der Waals surface area contributed by atoms with Crippen molar-refractivity contribution in [2.75, 3.05) is 57.3 Å². The molecule has 0 saturated heterocycles. The van der Waals surface area contributed by atoms with Crippen LogP contribution >= 0.6 is 22.7 Å². The Bertz CT molecular complexity index is 2280. The Balaban J connectivity index is 0.000000580. The maximum Gasteiger partial charge on any atom is 1.00 e. The van der Waals surface area contributed by atoms with Crippen molar-refractivity contribution in [2.45, 2.75) is 71.3 Å². The first-order valence-corrected chi connectivity index (χ1v) is 20.4. The molecular formula is C39H47BF6N6NaO7S2. The van der Waals surface area contributed by atoms with Crippen LogP contribution in [-0.4, -0.2) is 92.7 Å². The molecule has 0 atom stereocenters. The maximum absolute atomic E-state index is 13.1. The molecule has 0 saturated carbocycles. The van der Waals surface area contributed by atoms with Crippen LogP contribution in [0, 0.1) is 0 Å². The van der Waals surface area contributed by atoms with Gasteiger partial charge in [-0.15, -0.1) is 0 Å². The summed E-state index contributed by atoms with van der Waals surface area (Å²) in [5.41, 5.74) is -0.572. The summed E-state index contributed by atoms with van der Waals surface area (Å²) in [4.78, 5) is 24.4. The van der Waals surface area contributed by atoms with Gasteiger partial charge in [-0.05, 0) is 49.9 Å². The SMILES string of the molecule is CCCc1c(OCCCN(C)c2ncc(C=O)s2)ccc2c(C(F)(F)F)noc12.CCCc1c(OCCCN(C)c2ncc(CO)s2)ccc2c(C(F)(F)F)noc12.CO.[B].[H-].[Na+]. The first-order chi connectivity index (χ1) is 28.7. The Hall–Kier alpha value is -3.93. The number of alkyl halides is 6. The number of benzene rings is 2. The minimum absolute atomic E-state index is 0. The molecule has 2 N–H and O–H groups in total. The Kier molecular flexibility index (Phi) is 22.2. The van der Waals surface area contributed by atoms with E-state index >= 15 is 0 Å². The van der Waals surface area contributed by atoms with E-state index in [9.17, 15) is 31.1 Å². The topological polar surface area (TPSA) is 160 Å². The molecule has 23 heteroatoms. The van der Waals surface area contributed by atoms with E-state index in [1.54, 1.807) is 18.3 Å². The Morgan fingerprint density at radius 2 is 1.19 bits per heavy atom. The zero-order valence-corrected chi connectivity index (χ0v) is 38.7. The van der Waals surface area contributed by atoms with Gasteiger partial charge in [0.15, 0.2) is 39.1 Å². The van der Waals surface area contributed by atoms with E-state index in [-0.39, 0.29) is 67.9 Å². The number of fused-ring (bicyclic) bond motifs is 2. The fourth-order valence-electron chi connectivity index (χ4n) is 5.95. The number of nitrogens with zero attached hydrogens (tertiary/aromatic N) is 6. The van der Waals surface area contributed by atoms with E-state index in [2.05, 4.69) is 20.3 Å². The van der Waals surface area contributed by atoms with Gasteiger partial charge in [-0.25, -0.2) is 9.97 Å². The molecular weight excluding hydrogens is 876 g/mol. The van der Waals surface area contributed by atoms with E-state index in [1.807, 2.05) is 37.7 Å². The Morgan fingerprint density at radius 3 is 1.56 bits per heavy atom. The van der Waals surface area contributed by atoms with Crippen LogP contribution in [0.2, 0.25) is 0 Å². The number of anilines is 2. The zero-order chi connectivity index (χ0) is 44.0. The molecule has 6 aromatic rings. The van der Waals surface area contributed by atoms with Gasteiger partial charge < -0.3 is 40.0 Å². The van der Waals surface area contributed by atoms with Crippen LogP contribution < -0.4 is 48.8 Å². The second kappa shape index (κ2) is 25.4. The van der Waals surface area contributed by atoms with Crippen LogP contribution in [0.5, 0.6) is 11.5 Å². The third kappa shape index (κ3) is 14.0. The molecule has 13 nitrogen and oxygen atoms in total. The van der Waals surface area contributed by atoms with Crippen molar-refractivity contribution in [1.29, 1.82) is 0 Å². The van der Waals surface area contributed by atoms with Crippen molar-refractivity contribution >= 4 is 69.6 Å². The summed E-state index contributed by atoms with van der Waals surface area (Å²) in [5.74, 6) is 1.02. The number of halogens is 6. The minimum atomic E-state index is -4.57. The number of carbonyl (C=O) groups is 1. The molecule has 0 spiro atoms. The number of aliphatic hydroxyl groups is 2. The molecule has 4 heterocycles. The smallest absolute Gasteiger partial charge is 1.00 e. The van der Waals surface area contributed by atoms with Gasteiger partial charge in [0.25, 0.3) is 0 Å². The number of rotatable bonds is 18. The van der Waals surface area contributed by atoms with Crippen LogP contribution in [0.4, 0.5) is 36.6 Å². The quantitative estimate of drug-likeness (QED) is 0.0450. The van der Waals surface area contributed by atoms with Crippen LogP contribution in [-0.2, 0) is 31.8 Å². The minimum Gasteiger partial charge on any atom is -1.00 e. The maximum atomic E-state index is 13.1. The Morgan fingerprint density at radius 1 is 0.758 bits per heavy atom. The molecule has 2 aromatic carbocycles. The molecule has 0 amide bonds. The Labute approximate surface area is 387 Å². The second-order valence-electron chi connectivity index (χ2n) is 13.1. The van der Waals surface area contributed by atoms with Crippen molar-refractivity contribution in [3.63, 3.8) is 0 Å². The second-order valence-corrected chi connectivity index (χ2v) is 15.2. The molecule has 0 aliphatic rings. The number of hydrogen-bond donors (Lipinski definition) is 2. The normalized spacial score (nSPS) is 11.2. The van der Waals surface area contributed by atoms with Crippen molar-refractivity contribution in [3.8, 4) is 11.5 Å². The number of hydrogen-bond acceptors (Lipinski definition) is 15. The van der Waals surface area contributed by atoms with Crippen LogP contribution in [0.15, 0.2) is 45.7 Å². The van der Waals surface area contributed by atoms with Crippen molar-refractivity contribution in [3.05, 3.63) is 68.9 Å². The third-order valence-electron chi connectivity index (χ3n) is 8.71. The summed E-state index contributed by atoms with van der Waals surface area (Å²) in [5, 5.41) is 24.0. The summed E-state index contributed by atoms with van der Waals surface area (Å²) in [6, 6.07) is 5.78. The molecule has 6 rings (SSSR count). The van der Waals surface area contributed by atoms with E-state index in [4.69, 9.17) is 28.7 Å². The fourth-order valence-corrected chi connectivity index (χ4v) is 7.42. The predicted molar refractivity (Wildman–Crippen MR) is 223 cm³/mol. The summed E-state index contributed by atoms with van der Waals surface area (Å²) in [6.07, 6.45) is -1.33. The molecule has 333 valence electrons. The molecule has 0 bridgehead atoms. The van der Waals surface area contributed by atoms with E-state index in [1.165, 1.54) is 41.0 Å². The molecule has 0 unspecified atom stereocenters. The van der Waals surface area contributed by atoms with Gasteiger partial charge in [0.1, 0.15) is 11.5 Å². The third-order valence-corrected chi connectivity index (χ3v) is 10.8. The molecule has 0 fully saturated rings. The molecule has 0 aliphatic carbocycles. The summed E-state index contributed by atoms with van der Waals surface area (Å²) >= 11 is 2.73. The van der Waals surface area contributed by atoms with Gasteiger partial charge in [0.2, 0.25) is 0 Å². The molecule has 4 aromatic heterocycles. The van der Waals surface area contributed by atoms with Gasteiger partial charge in [-0.3, -0.25) is 4.79 Å².